The Hall–Kier alpha value is -0.715. The lowest BCUT2D eigenvalue weighted by atomic mass is 9.78. The lowest BCUT2D eigenvalue weighted by molar-refractivity contribution is 0.792. The zero-order chi connectivity index (χ0) is 11.6. The molecule has 0 saturated carbocycles. The second kappa shape index (κ2) is 4.87. The molecule has 1 heteroatoms. The summed E-state index contributed by atoms with van der Waals surface area (Å²) in [7, 11) is 2.28. The van der Waals surface area contributed by atoms with E-state index in [0.717, 1.165) is 0 Å². The van der Waals surface area contributed by atoms with Crippen LogP contribution in [-0.2, 0) is 6.42 Å². The summed E-state index contributed by atoms with van der Waals surface area (Å²) in [6, 6.07) is 0. The number of hydrogen-bond acceptors (Lipinski definition) is 0. The normalized spacial score (nSPS) is 10.7. The summed E-state index contributed by atoms with van der Waals surface area (Å²) in [6.45, 7) is 11.3. The molecule has 15 heavy (non-hydrogen) atoms. The molecule has 0 nitrogen and oxygen atoms in total. The van der Waals surface area contributed by atoms with Crippen molar-refractivity contribution in [2.45, 2.75) is 53.9 Å². The molecule has 1 aromatic carbocycles. The molecular weight excluding hydrogens is 179 g/mol. The highest BCUT2D eigenvalue weighted by Gasteiger charge is 2.10. The van der Waals surface area contributed by atoms with Gasteiger partial charge in [-0.3, -0.25) is 0 Å². The van der Waals surface area contributed by atoms with Gasteiger partial charge >= 0.3 is 0 Å². The summed E-state index contributed by atoms with van der Waals surface area (Å²) in [5.41, 5.74) is 9.09. The van der Waals surface area contributed by atoms with Gasteiger partial charge in [-0.25, -0.2) is 0 Å². The van der Waals surface area contributed by atoms with Crippen molar-refractivity contribution < 1.29 is 0 Å². The molecule has 0 saturated heterocycles. The van der Waals surface area contributed by atoms with Crippen LogP contribution in [0.4, 0.5) is 0 Å². The third-order valence-electron chi connectivity index (χ3n) is 3.94. The Morgan fingerprint density at radius 1 is 0.867 bits per heavy atom. The standard InChI is InChI=1S/C14H23B/c1-6-7-8-13-11(4)9(2)10(3)12(5)14(13)15/h6-8,15H2,1-5H3. The summed E-state index contributed by atoms with van der Waals surface area (Å²) in [6.07, 6.45) is 3.84. The van der Waals surface area contributed by atoms with Crippen molar-refractivity contribution >= 4 is 13.3 Å². The zero-order valence-corrected chi connectivity index (χ0v) is 11.1. The first kappa shape index (κ1) is 12.4. The predicted octanol–water partition coefficient (Wildman–Crippen LogP) is 2.52. The maximum atomic E-state index is 2.28. The molecule has 1 rings (SSSR count). The fourth-order valence-corrected chi connectivity index (χ4v) is 2.31. The van der Waals surface area contributed by atoms with E-state index in [2.05, 4.69) is 42.5 Å². The van der Waals surface area contributed by atoms with Gasteiger partial charge in [0.05, 0.1) is 0 Å². The SMILES string of the molecule is Bc1c(C)c(C)c(C)c(C)c1CCCC. The van der Waals surface area contributed by atoms with E-state index >= 15 is 0 Å². The molecular formula is C14H23B. The molecule has 82 valence electrons. The van der Waals surface area contributed by atoms with Gasteiger partial charge in [0.15, 0.2) is 0 Å². The lowest BCUT2D eigenvalue weighted by Gasteiger charge is -2.18. The number of hydrogen-bond donors (Lipinski definition) is 0. The summed E-state index contributed by atoms with van der Waals surface area (Å²) < 4.78 is 0. The third-order valence-corrected chi connectivity index (χ3v) is 3.94. The quantitative estimate of drug-likeness (QED) is 0.660. The Balaban J connectivity index is 3.26. The molecule has 0 bridgehead atoms. The summed E-state index contributed by atoms with van der Waals surface area (Å²) in [5, 5.41) is 0. The molecule has 0 heterocycles. The lowest BCUT2D eigenvalue weighted by Crippen LogP contribution is -2.19. The molecule has 0 aliphatic rings. The monoisotopic (exact) mass is 202 g/mol. The van der Waals surface area contributed by atoms with E-state index in [-0.39, 0.29) is 0 Å². The fourth-order valence-electron chi connectivity index (χ4n) is 2.31. The topological polar surface area (TPSA) is 0 Å². The predicted molar refractivity (Wildman–Crippen MR) is 72.2 cm³/mol. The van der Waals surface area contributed by atoms with E-state index in [0.29, 0.717) is 0 Å². The molecule has 0 fully saturated rings. The largest absolute Gasteiger partial charge is 0.140 e. The van der Waals surface area contributed by atoms with Crippen LogP contribution >= 0.6 is 0 Å². The van der Waals surface area contributed by atoms with Crippen molar-refractivity contribution in [3.63, 3.8) is 0 Å². The second-order valence-corrected chi connectivity index (χ2v) is 4.71. The number of unbranched alkanes of at least 4 members (excludes halogenated alkanes) is 1. The molecule has 0 spiro atoms. The Morgan fingerprint density at radius 3 is 1.93 bits per heavy atom. The summed E-state index contributed by atoms with van der Waals surface area (Å²) in [5.74, 6) is 0. The van der Waals surface area contributed by atoms with Gasteiger partial charge in [-0.15, -0.1) is 0 Å². The molecule has 1 aromatic rings. The van der Waals surface area contributed by atoms with Crippen molar-refractivity contribution in [3.8, 4) is 0 Å². The molecule has 0 amide bonds. The smallest absolute Gasteiger partial charge is 0.0824 e. The average Bonchev–Trinajstić information content (AvgIpc) is 2.24. The molecule has 0 aliphatic carbocycles. The van der Waals surface area contributed by atoms with Crippen molar-refractivity contribution in [1.82, 2.24) is 0 Å². The van der Waals surface area contributed by atoms with Crippen LogP contribution in [-0.4, -0.2) is 7.85 Å². The van der Waals surface area contributed by atoms with E-state index < -0.39 is 0 Å². The van der Waals surface area contributed by atoms with Gasteiger partial charge in [-0.1, -0.05) is 29.9 Å². The summed E-state index contributed by atoms with van der Waals surface area (Å²) in [4.78, 5) is 0. The van der Waals surface area contributed by atoms with Gasteiger partial charge in [-0.05, 0) is 57.2 Å². The van der Waals surface area contributed by atoms with E-state index in [1.807, 2.05) is 0 Å². The highest BCUT2D eigenvalue weighted by molar-refractivity contribution is 6.34. The Kier molecular flexibility index (Phi) is 4.01. The molecule has 0 unspecified atom stereocenters. The molecule has 0 N–H and O–H groups in total. The van der Waals surface area contributed by atoms with Crippen LogP contribution in [0.2, 0.25) is 0 Å². The maximum Gasteiger partial charge on any atom is 0.140 e. The minimum Gasteiger partial charge on any atom is -0.0824 e. The van der Waals surface area contributed by atoms with Crippen LogP contribution in [0.25, 0.3) is 0 Å². The first-order chi connectivity index (χ1) is 7.00. The maximum absolute atomic E-state index is 2.28. The second-order valence-electron chi connectivity index (χ2n) is 4.71. The Morgan fingerprint density at radius 2 is 1.40 bits per heavy atom. The fraction of sp³-hybridized carbons (Fsp3) is 0.571. The number of rotatable bonds is 3. The minimum atomic E-state index is 1.25. The first-order valence-electron chi connectivity index (χ1n) is 6.06. The van der Waals surface area contributed by atoms with Crippen LogP contribution < -0.4 is 5.46 Å². The Labute approximate surface area is 95.5 Å². The molecule has 0 aliphatic heterocycles. The minimum absolute atomic E-state index is 1.25. The molecule has 0 atom stereocenters. The van der Waals surface area contributed by atoms with E-state index in [1.165, 1.54) is 47.0 Å². The van der Waals surface area contributed by atoms with Crippen LogP contribution in [0.1, 0.15) is 47.6 Å². The van der Waals surface area contributed by atoms with Crippen LogP contribution in [0.3, 0.4) is 0 Å². The van der Waals surface area contributed by atoms with Gasteiger partial charge in [0.1, 0.15) is 7.85 Å². The first-order valence-corrected chi connectivity index (χ1v) is 6.06. The number of benzene rings is 1. The van der Waals surface area contributed by atoms with Gasteiger partial charge in [0.25, 0.3) is 0 Å². The van der Waals surface area contributed by atoms with Crippen LogP contribution in [0, 0.1) is 27.7 Å². The van der Waals surface area contributed by atoms with E-state index in [9.17, 15) is 0 Å². The summed E-state index contributed by atoms with van der Waals surface area (Å²) >= 11 is 0. The zero-order valence-electron chi connectivity index (χ0n) is 11.1. The van der Waals surface area contributed by atoms with Gasteiger partial charge < -0.3 is 0 Å². The van der Waals surface area contributed by atoms with Crippen molar-refractivity contribution in [2.75, 3.05) is 0 Å². The van der Waals surface area contributed by atoms with Crippen molar-refractivity contribution in [2.24, 2.45) is 0 Å². The van der Waals surface area contributed by atoms with Gasteiger partial charge in [-0.2, -0.15) is 0 Å². The third kappa shape index (κ3) is 2.27. The molecule has 0 radical (unpaired) electrons. The van der Waals surface area contributed by atoms with E-state index in [1.54, 1.807) is 5.56 Å². The van der Waals surface area contributed by atoms with Crippen LogP contribution in [0.5, 0.6) is 0 Å². The van der Waals surface area contributed by atoms with Gasteiger partial charge in [0.2, 0.25) is 0 Å². The van der Waals surface area contributed by atoms with Crippen molar-refractivity contribution in [1.29, 1.82) is 0 Å². The van der Waals surface area contributed by atoms with Crippen molar-refractivity contribution in [3.05, 3.63) is 27.8 Å². The highest BCUT2D eigenvalue weighted by Crippen LogP contribution is 2.20. The van der Waals surface area contributed by atoms with E-state index in [4.69, 9.17) is 0 Å². The van der Waals surface area contributed by atoms with Crippen LogP contribution in [0.15, 0.2) is 0 Å². The Bertz CT molecular complexity index is 335. The highest BCUT2D eigenvalue weighted by atomic mass is 14.1. The van der Waals surface area contributed by atoms with Gasteiger partial charge in [0, 0.05) is 0 Å². The molecule has 0 aromatic heterocycles. The average molecular weight is 202 g/mol.